The van der Waals surface area contributed by atoms with E-state index in [1.165, 1.54) is 120 Å². The number of aliphatic imine (C=N–C) groups is 2. The fraction of sp³-hybridized carbons (Fsp3) is 0.108. The van der Waals surface area contributed by atoms with Gasteiger partial charge in [0, 0.05) is 105 Å². The van der Waals surface area contributed by atoms with Crippen LogP contribution < -0.4 is 0 Å². The van der Waals surface area contributed by atoms with E-state index in [4.69, 9.17) is 15.0 Å². The van der Waals surface area contributed by atoms with E-state index in [2.05, 4.69) is 249 Å². The van der Waals surface area contributed by atoms with Crippen LogP contribution in [-0.4, -0.2) is 34.5 Å². The molecule has 0 radical (unpaired) electrons. The standard InChI is InChI=1S/C93H61N9/c1-2-62-82(60-23-15-19-53(45-60)51-94)68-30-5-3-4-6-31-76(68)97-93(62)102-80-43-39-58(48-71(80)75-50-74-67-29-11-13-33-78(67)100-87-63-26-8-7-21-55(63)36-41-69(87)84(91(74)100)92(75)102)57-37-40-64-59(47-57)38-42-70-83-89-72(49-73-66-28-10-14-34-79(66)101(88(64)70)90(73)83)65-27-9-12-32-77(65)99(89)81-35-17-22-56-25-18-44-96-85(56)86(98-81)61-24-16-20-54(46-61)52-95/h5,7-16,18-21,23-30,32-50,62,82H,2-4,6,17,22,31H2,1H3/b30-5-,81-35+,98-86-. The molecular formula is C93H61N9. The number of para-hydroxylation sites is 3. The number of allylic oxidation sites excluding steroid dienone is 5. The van der Waals surface area contributed by atoms with E-state index < -0.39 is 0 Å². The molecule has 22 rings (SSSR count). The summed E-state index contributed by atoms with van der Waals surface area (Å²) in [7, 11) is 0. The molecule has 2 aliphatic heterocycles. The third-order valence-electron chi connectivity index (χ3n) is 23.1. The summed E-state index contributed by atoms with van der Waals surface area (Å²) in [6.07, 6.45) is 15.4. The van der Waals surface area contributed by atoms with Gasteiger partial charge in [0.05, 0.1) is 89.8 Å². The highest BCUT2D eigenvalue weighted by atomic mass is 15.1. The van der Waals surface area contributed by atoms with E-state index in [0.29, 0.717) is 11.1 Å². The molecule has 3 aliphatic rings. The first-order valence-corrected chi connectivity index (χ1v) is 35.9. The van der Waals surface area contributed by atoms with Crippen molar-refractivity contribution in [1.29, 1.82) is 10.5 Å². The molecule has 0 bridgehead atoms. The third-order valence-corrected chi connectivity index (χ3v) is 23.1. The first-order chi connectivity index (χ1) is 50.5. The topological polar surface area (TPSA) is 104 Å². The molecule has 0 fully saturated rings. The van der Waals surface area contributed by atoms with Crippen molar-refractivity contribution in [1.82, 2.24) is 22.9 Å². The first kappa shape index (κ1) is 57.0. The number of pyridine rings is 1. The fourth-order valence-electron chi connectivity index (χ4n) is 18.8. The van der Waals surface area contributed by atoms with Gasteiger partial charge >= 0.3 is 0 Å². The maximum absolute atomic E-state index is 10.4. The highest BCUT2D eigenvalue weighted by Gasteiger charge is 2.38. The van der Waals surface area contributed by atoms with Gasteiger partial charge in [0.1, 0.15) is 11.7 Å². The van der Waals surface area contributed by atoms with Crippen LogP contribution in [0.25, 0.3) is 158 Å². The predicted octanol–water partition coefficient (Wildman–Crippen LogP) is 23.1. The average Bonchev–Trinajstić information content (AvgIpc) is 1.52. The molecular weight excluding hydrogens is 1240 g/mol. The van der Waals surface area contributed by atoms with Crippen molar-refractivity contribution in [2.24, 2.45) is 15.9 Å². The van der Waals surface area contributed by atoms with E-state index in [1.54, 1.807) is 0 Å². The van der Waals surface area contributed by atoms with Gasteiger partial charge < -0.3 is 8.80 Å². The van der Waals surface area contributed by atoms with Gasteiger partial charge in [-0.25, -0.2) is 9.98 Å². The summed E-state index contributed by atoms with van der Waals surface area (Å²) in [5.74, 6) is 1.85. The molecule has 7 aromatic heterocycles. The summed E-state index contributed by atoms with van der Waals surface area (Å²) >= 11 is 0. The zero-order chi connectivity index (χ0) is 67.2. The van der Waals surface area contributed by atoms with Gasteiger partial charge in [-0.15, -0.1) is 0 Å². The molecule has 102 heavy (non-hydrogen) atoms. The van der Waals surface area contributed by atoms with Crippen LogP contribution in [0.2, 0.25) is 0 Å². The maximum Gasteiger partial charge on any atom is 0.134 e. The molecule has 9 nitrogen and oxygen atoms in total. The minimum atomic E-state index is -0.0206. The van der Waals surface area contributed by atoms with Crippen LogP contribution in [0.3, 0.4) is 0 Å². The quantitative estimate of drug-likeness (QED) is 0.171. The number of nitrogens with zero attached hydrogens (tertiary/aromatic N) is 9. The number of hydrogen-bond acceptors (Lipinski definition) is 5. The predicted molar refractivity (Wildman–Crippen MR) is 421 cm³/mol. The molecule has 9 heterocycles. The summed E-state index contributed by atoms with van der Waals surface area (Å²) in [5, 5.41) is 39.8. The van der Waals surface area contributed by atoms with Crippen molar-refractivity contribution in [2.75, 3.05) is 0 Å². The normalized spacial score (nSPS) is 17.5. The van der Waals surface area contributed by atoms with Crippen molar-refractivity contribution in [3.05, 3.63) is 300 Å². The summed E-state index contributed by atoms with van der Waals surface area (Å²) in [4.78, 5) is 16.8. The summed E-state index contributed by atoms with van der Waals surface area (Å²) in [6.45, 7) is 2.33. The lowest BCUT2D eigenvalue weighted by molar-refractivity contribution is 0.548. The largest absolute Gasteiger partial charge is 0.307 e. The Morgan fingerprint density at radius 2 is 1.06 bits per heavy atom. The minimum absolute atomic E-state index is 0.0155. The molecule has 478 valence electrons. The molecule has 0 spiro atoms. The van der Waals surface area contributed by atoms with E-state index >= 15 is 0 Å². The highest BCUT2D eigenvalue weighted by molar-refractivity contribution is 6.39. The van der Waals surface area contributed by atoms with Crippen molar-refractivity contribution >= 4 is 159 Å². The van der Waals surface area contributed by atoms with Crippen molar-refractivity contribution in [3.63, 3.8) is 0 Å². The second-order valence-electron chi connectivity index (χ2n) is 28.3. The van der Waals surface area contributed by atoms with Gasteiger partial charge in [-0.2, -0.15) is 10.5 Å². The third kappa shape index (κ3) is 7.82. The number of nitriles is 2. The van der Waals surface area contributed by atoms with Crippen LogP contribution in [0.5, 0.6) is 0 Å². The van der Waals surface area contributed by atoms with Crippen molar-refractivity contribution in [3.8, 4) is 23.3 Å². The highest BCUT2D eigenvalue weighted by Crippen LogP contribution is 2.53. The van der Waals surface area contributed by atoms with E-state index in [-0.39, 0.29) is 11.8 Å². The Balaban J connectivity index is 0.795. The Labute approximate surface area is 585 Å². The molecule has 0 N–H and O–H groups in total. The molecule has 0 saturated heterocycles. The summed E-state index contributed by atoms with van der Waals surface area (Å²) < 4.78 is 10.1. The Morgan fingerprint density at radius 1 is 0.441 bits per heavy atom. The first-order valence-electron chi connectivity index (χ1n) is 35.9. The molecule has 1 aliphatic carbocycles. The van der Waals surface area contributed by atoms with Crippen molar-refractivity contribution in [2.45, 2.75) is 57.8 Å². The zero-order valence-electron chi connectivity index (χ0n) is 55.9. The minimum Gasteiger partial charge on any atom is -0.307 e. The van der Waals surface area contributed by atoms with Gasteiger partial charge in [-0.3, -0.25) is 14.1 Å². The summed E-state index contributed by atoms with van der Waals surface area (Å²) in [5.41, 5.74) is 22.4. The maximum atomic E-state index is 10.4. The molecule has 19 aromatic rings. The van der Waals surface area contributed by atoms with Crippen LogP contribution in [0.1, 0.15) is 84.9 Å². The Morgan fingerprint density at radius 3 is 1.81 bits per heavy atom. The molecule has 12 aromatic carbocycles. The Kier molecular flexibility index (Phi) is 12.0. The number of rotatable bonds is 5. The lowest BCUT2D eigenvalue weighted by Gasteiger charge is -2.35. The van der Waals surface area contributed by atoms with Gasteiger partial charge in [0.15, 0.2) is 0 Å². The fourth-order valence-corrected chi connectivity index (χ4v) is 18.8. The Hall–Kier alpha value is -13.0. The lowest BCUT2D eigenvalue weighted by Crippen LogP contribution is -2.32. The number of benzene rings is 12. The molecule has 0 saturated carbocycles. The zero-order valence-corrected chi connectivity index (χ0v) is 55.9. The summed E-state index contributed by atoms with van der Waals surface area (Å²) in [6, 6.07) is 89.5. The number of fused-ring (bicyclic) bond motifs is 25. The van der Waals surface area contributed by atoms with E-state index in [1.807, 2.05) is 42.6 Å². The van der Waals surface area contributed by atoms with Crippen LogP contribution in [0.4, 0.5) is 0 Å². The second kappa shape index (κ2) is 21.5. The van der Waals surface area contributed by atoms with Crippen LogP contribution in [-0.2, 0) is 6.42 Å². The van der Waals surface area contributed by atoms with Gasteiger partial charge in [-0.1, -0.05) is 171 Å². The van der Waals surface area contributed by atoms with Gasteiger partial charge in [0.2, 0.25) is 0 Å². The van der Waals surface area contributed by atoms with E-state index in [0.717, 1.165) is 129 Å². The van der Waals surface area contributed by atoms with Crippen LogP contribution in [0.15, 0.2) is 276 Å². The van der Waals surface area contributed by atoms with E-state index in [9.17, 15) is 10.5 Å². The van der Waals surface area contributed by atoms with Gasteiger partial charge in [0.25, 0.3) is 0 Å². The Bertz CT molecular complexity index is 7220. The number of hydrogen-bond donors (Lipinski definition) is 0. The van der Waals surface area contributed by atoms with Gasteiger partial charge in [-0.05, 0) is 168 Å². The van der Waals surface area contributed by atoms with Crippen LogP contribution >= 0.6 is 0 Å². The SMILES string of the molecule is CCC1C(n2c3ccc(-c4ccc5c(ccc6c7c8c(cc9c%10ccccc%10n(c56)c97)c5ccccc5n8C5=C/CCc6cccnc6/C(c6cccc(C#N)c6)=N\5)c4)cc3c3cc4c5ccccc5n5c6c7ccccc7ccc6c(c32)c45)=NC2=C(/C=C\CCCC2)C1c1cccc(C#N)c1. The van der Waals surface area contributed by atoms with Crippen molar-refractivity contribution < 1.29 is 0 Å². The second-order valence-corrected chi connectivity index (χ2v) is 28.3. The van der Waals surface area contributed by atoms with Crippen LogP contribution in [0, 0.1) is 28.6 Å². The molecule has 2 atom stereocenters. The average molecular weight is 1300 g/mol. The molecule has 0 amide bonds. The number of aromatic nitrogens is 5. The molecule has 9 heteroatoms. The number of aryl methyl sites for hydroxylation is 1. The smallest absolute Gasteiger partial charge is 0.134 e. The lowest BCUT2D eigenvalue weighted by atomic mass is 9.74. The molecule has 2 unspecified atom stereocenters. The monoisotopic (exact) mass is 1300 g/mol.